The molecule has 1 atom stereocenters. The average molecular weight is 453 g/mol. The van der Waals surface area contributed by atoms with Crippen molar-refractivity contribution in [3.8, 4) is 5.75 Å². The van der Waals surface area contributed by atoms with E-state index in [0.717, 1.165) is 14.9 Å². The highest BCUT2D eigenvalue weighted by atomic mass is 127. The molecule has 1 amide bonds. The fourth-order valence-corrected chi connectivity index (χ4v) is 2.60. The van der Waals surface area contributed by atoms with Gasteiger partial charge in [-0.05, 0) is 70.5 Å². The Morgan fingerprint density at radius 2 is 1.84 bits per heavy atom. The van der Waals surface area contributed by atoms with Crippen LogP contribution in [0.5, 0.6) is 5.75 Å². The highest BCUT2D eigenvalue weighted by Gasteiger charge is 2.23. The van der Waals surface area contributed by atoms with Crippen molar-refractivity contribution in [1.82, 2.24) is 5.32 Å². The van der Waals surface area contributed by atoms with E-state index in [1.54, 1.807) is 32.0 Å². The lowest BCUT2D eigenvalue weighted by molar-refractivity contribution is -0.140. The van der Waals surface area contributed by atoms with Crippen LogP contribution in [0.25, 0.3) is 0 Å². The van der Waals surface area contributed by atoms with Gasteiger partial charge >= 0.3 is 5.97 Å². The summed E-state index contributed by atoms with van der Waals surface area (Å²) in [5, 5.41) is 11.7. The Morgan fingerprint density at radius 3 is 2.44 bits per heavy atom. The van der Waals surface area contributed by atoms with E-state index < -0.39 is 17.9 Å². The SMILES string of the molecule is CC(C)[C@@H](NC(=O)c1cccc(COc2ccc(I)cc2)c1)C(=O)O. The quantitative estimate of drug-likeness (QED) is 0.627. The van der Waals surface area contributed by atoms with E-state index in [1.807, 2.05) is 30.3 Å². The van der Waals surface area contributed by atoms with E-state index in [-0.39, 0.29) is 5.92 Å². The molecule has 2 N–H and O–H groups in total. The van der Waals surface area contributed by atoms with Crippen LogP contribution < -0.4 is 10.1 Å². The molecule has 0 spiro atoms. The number of carbonyl (C=O) groups is 2. The van der Waals surface area contributed by atoms with Gasteiger partial charge in [0.25, 0.3) is 5.91 Å². The molecule has 0 fully saturated rings. The summed E-state index contributed by atoms with van der Waals surface area (Å²) < 4.78 is 6.84. The van der Waals surface area contributed by atoms with Crippen molar-refractivity contribution in [2.24, 2.45) is 5.92 Å². The van der Waals surface area contributed by atoms with Crippen molar-refractivity contribution in [1.29, 1.82) is 0 Å². The Morgan fingerprint density at radius 1 is 1.16 bits per heavy atom. The minimum atomic E-state index is -1.04. The third-order valence-electron chi connectivity index (χ3n) is 3.63. The van der Waals surface area contributed by atoms with E-state index >= 15 is 0 Å². The Balaban J connectivity index is 2.03. The third kappa shape index (κ3) is 5.74. The maximum atomic E-state index is 12.3. The van der Waals surface area contributed by atoms with Gasteiger partial charge in [-0.3, -0.25) is 4.79 Å². The largest absolute Gasteiger partial charge is 0.489 e. The summed E-state index contributed by atoms with van der Waals surface area (Å²) in [5.41, 5.74) is 1.25. The second-order valence-electron chi connectivity index (χ2n) is 5.98. The lowest BCUT2D eigenvalue weighted by atomic mass is 10.0. The van der Waals surface area contributed by atoms with E-state index in [4.69, 9.17) is 4.74 Å². The van der Waals surface area contributed by atoms with Gasteiger partial charge in [-0.2, -0.15) is 0 Å². The number of ether oxygens (including phenoxy) is 1. The molecule has 0 saturated heterocycles. The number of carbonyl (C=O) groups excluding carboxylic acids is 1. The number of hydrogen-bond donors (Lipinski definition) is 2. The van der Waals surface area contributed by atoms with Crippen molar-refractivity contribution >= 4 is 34.5 Å². The van der Waals surface area contributed by atoms with Gasteiger partial charge in [0.15, 0.2) is 0 Å². The van der Waals surface area contributed by atoms with Crippen LogP contribution in [0.2, 0.25) is 0 Å². The van der Waals surface area contributed by atoms with E-state index in [2.05, 4.69) is 27.9 Å². The monoisotopic (exact) mass is 453 g/mol. The number of nitrogens with one attached hydrogen (secondary N) is 1. The number of amides is 1. The third-order valence-corrected chi connectivity index (χ3v) is 4.35. The molecule has 6 heteroatoms. The van der Waals surface area contributed by atoms with E-state index in [1.165, 1.54) is 0 Å². The van der Waals surface area contributed by atoms with Crippen molar-refractivity contribution in [3.05, 3.63) is 63.2 Å². The molecule has 2 aromatic carbocycles. The summed E-state index contributed by atoms with van der Waals surface area (Å²) in [7, 11) is 0. The van der Waals surface area contributed by atoms with Crippen LogP contribution in [0.15, 0.2) is 48.5 Å². The summed E-state index contributed by atoms with van der Waals surface area (Å²) in [6.07, 6.45) is 0. The number of aliphatic carboxylic acids is 1. The second-order valence-corrected chi connectivity index (χ2v) is 7.22. The molecule has 0 aliphatic rings. The van der Waals surface area contributed by atoms with Gasteiger partial charge in [0.1, 0.15) is 18.4 Å². The topological polar surface area (TPSA) is 75.6 Å². The van der Waals surface area contributed by atoms with Gasteiger partial charge in [0.05, 0.1) is 0 Å². The number of carboxylic acid groups (broad SMARTS) is 1. The van der Waals surface area contributed by atoms with Crippen LogP contribution in [0.3, 0.4) is 0 Å². The Kier molecular flexibility index (Phi) is 6.81. The van der Waals surface area contributed by atoms with Crippen LogP contribution in [0, 0.1) is 9.49 Å². The molecule has 0 aliphatic heterocycles. The predicted octanol–water partition coefficient (Wildman–Crippen LogP) is 3.71. The molecule has 0 aromatic heterocycles. The number of benzene rings is 2. The van der Waals surface area contributed by atoms with Gasteiger partial charge in [-0.1, -0.05) is 26.0 Å². The molecule has 0 bridgehead atoms. The van der Waals surface area contributed by atoms with Crippen molar-refractivity contribution in [2.75, 3.05) is 0 Å². The highest BCUT2D eigenvalue weighted by Crippen LogP contribution is 2.16. The van der Waals surface area contributed by atoms with Crippen LogP contribution in [0.1, 0.15) is 29.8 Å². The molecule has 0 radical (unpaired) electrons. The molecule has 5 nitrogen and oxygen atoms in total. The fourth-order valence-electron chi connectivity index (χ4n) is 2.24. The number of carboxylic acids is 1. The zero-order valence-electron chi connectivity index (χ0n) is 14.0. The molecule has 2 aromatic rings. The first-order valence-corrected chi connectivity index (χ1v) is 8.95. The molecular formula is C19H20INO4. The Bertz CT molecular complexity index is 743. The minimum Gasteiger partial charge on any atom is -0.489 e. The maximum absolute atomic E-state index is 12.3. The fraction of sp³-hybridized carbons (Fsp3) is 0.263. The molecular weight excluding hydrogens is 433 g/mol. The Labute approximate surface area is 160 Å². The predicted molar refractivity (Wildman–Crippen MR) is 104 cm³/mol. The van der Waals surface area contributed by atoms with Crippen molar-refractivity contribution in [2.45, 2.75) is 26.5 Å². The second kappa shape index (κ2) is 8.84. The van der Waals surface area contributed by atoms with Gasteiger partial charge in [0.2, 0.25) is 0 Å². The van der Waals surface area contributed by atoms with Gasteiger partial charge in [-0.15, -0.1) is 0 Å². The summed E-state index contributed by atoms with van der Waals surface area (Å²) in [4.78, 5) is 23.5. The summed E-state index contributed by atoms with van der Waals surface area (Å²) in [5.74, 6) is -0.895. The van der Waals surface area contributed by atoms with Crippen LogP contribution >= 0.6 is 22.6 Å². The zero-order chi connectivity index (χ0) is 18.4. The first-order chi connectivity index (χ1) is 11.9. The minimum absolute atomic E-state index is 0.200. The first kappa shape index (κ1) is 19.2. The molecule has 0 saturated carbocycles. The van der Waals surface area contributed by atoms with Crippen LogP contribution in [-0.4, -0.2) is 23.0 Å². The lowest BCUT2D eigenvalue weighted by Crippen LogP contribution is -2.44. The summed E-state index contributed by atoms with van der Waals surface area (Å²) >= 11 is 2.22. The highest BCUT2D eigenvalue weighted by molar-refractivity contribution is 14.1. The average Bonchev–Trinajstić information content (AvgIpc) is 2.58. The van der Waals surface area contributed by atoms with Gasteiger partial charge < -0.3 is 15.2 Å². The van der Waals surface area contributed by atoms with Crippen molar-refractivity contribution in [3.63, 3.8) is 0 Å². The maximum Gasteiger partial charge on any atom is 0.326 e. The molecule has 0 unspecified atom stereocenters. The van der Waals surface area contributed by atoms with Crippen LogP contribution in [0.4, 0.5) is 0 Å². The number of halogens is 1. The lowest BCUT2D eigenvalue weighted by Gasteiger charge is -2.18. The Hall–Kier alpha value is -2.09. The number of hydrogen-bond acceptors (Lipinski definition) is 3. The van der Waals surface area contributed by atoms with Gasteiger partial charge in [0, 0.05) is 9.13 Å². The van der Waals surface area contributed by atoms with E-state index in [9.17, 15) is 14.7 Å². The normalized spacial score (nSPS) is 11.8. The van der Waals surface area contributed by atoms with E-state index in [0.29, 0.717) is 12.2 Å². The molecule has 0 heterocycles. The number of rotatable bonds is 7. The summed E-state index contributed by atoms with van der Waals surface area (Å²) in [6.45, 7) is 3.84. The standard InChI is InChI=1S/C19H20INO4/c1-12(2)17(19(23)24)21-18(22)14-5-3-4-13(10-14)11-25-16-8-6-15(20)7-9-16/h3-10,12,17H,11H2,1-2H3,(H,21,22)(H,23,24)/t17-/m1/s1. The molecule has 25 heavy (non-hydrogen) atoms. The summed E-state index contributed by atoms with van der Waals surface area (Å²) in [6, 6.07) is 13.8. The van der Waals surface area contributed by atoms with Crippen LogP contribution in [-0.2, 0) is 11.4 Å². The first-order valence-electron chi connectivity index (χ1n) is 7.88. The van der Waals surface area contributed by atoms with Gasteiger partial charge in [-0.25, -0.2) is 4.79 Å². The molecule has 132 valence electrons. The molecule has 2 rings (SSSR count). The zero-order valence-corrected chi connectivity index (χ0v) is 16.2. The molecule has 0 aliphatic carbocycles. The van der Waals surface area contributed by atoms with Crippen molar-refractivity contribution < 1.29 is 19.4 Å². The smallest absolute Gasteiger partial charge is 0.326 e.